The molecule has 2 N–H and O–H groups in total. The van der Waals surface area contributed by atoms with Gasteiger partial charge in [0.1, 0.15) is 0 Å². The van der Waals surface area contributed by atoms with Crippen molar-refractivity contribution in [1.29, 1.82) is 0 Å². The molecule has 0 radical (unpaired) electrons. The normalized spacial score (nSPS) is 10.2. The van der Waals surface area contributed by atoms with Crippen LogP contribution in [0.1, 0.15) is 21.6 Å². The van der Waals surface area contributed by atoms with E-state index in [0.29, 0.717) is 28.4 Å². The first-order valence-electron chi connectivity index (χ1n) is 5.16. The maximum atomic E-state index is 12.1. The first kappa shape index (κ1) is 11.8. The van der Waals surface area contributed by atoms with Crippen LogP contribution in [0.15, 0.2) is 42.6 Å². The van der Waals surface area contributed by atoms with E-state index < -0.39 is 0 Å². The summed E-state index contributed by atoms with van der Waals surface area (Å²) in [4.78, 5) is 16.2. The van der Waals surface area contributed by atoms with Crippen molar-refractivity contribution < 1.29 is 4.79 Å². The fourth-order valence-electron chi connectivity index (χ4n) is 1.53. The van der Waals surface area contributed by atoms with Gasteiger partial charge in [0.05, 0.1) is 5.69 Å². The zero-order chi connectivity index (χ0) is 12.3. The number of pyridine rings is 1. The van der Waals surface area contributed by atoms with Crippen LogP contribution in [-0.4, -0.2) is 10.8 Å². The minimum atomic E-state index is -0.0791. The molecule has 0 aliphatic carbocycles. The van der Waals surface area contributed by atoms with E-state index in [1.165, 1.54) is 0 Å². The zero-order valence-electron chi connectivity index (χ0n) is 9.06. The molecule has 0 bridgehead atoms. The topological polar surface area (TPSA) is 56.0 Å². The van der Waals surface area contributed by atoms with Crippen LogP contribution >= 0.6 is 11.6 Å². The molecule has 2 aromatic rings. The van der Waals surface area contributed by atoms with Gasteiger partial charge < -0.3 is 5.73 Å². The van der Waals surface area contributed by atoms with Crippen molar-refractivity contribution in [3.05, 3.63) is 64.4 Å². The van der Waals surface area contributed by atoms with Gasteiger partial charge in [0, 0.05) is 28.9 Å². The number of halogens is 1. The number of hydrogen-bond donors (Lipinski definition) is 1. The molecule has 0 spiro atoms. The summed E-state index contributed by atoms with van der Waals surface area (Å²) in [6.07, 6.45) is 1.58. The van der Waals surface area contributed by atoms with E-state index in [9.17, 15) is 4.79 Å². The van der Waals surface area contributed by atoms with Gasteiger partial charge in [-0.3, -0.25) is 9.78 Å². The summed E-state index contributed by atoms with van der Waals surface area (Å²) in [5.74, 6) is -0.0791. The predicted octanol–water partition coefficient (Wildman–Crippen LogP) is 2.42. The molecule has 0 aliphatic rings. The number of aromatic nitrogens is 1. The Balaban J connectivity index is 2.36. The molecule has 4 heteroatoms. The van der Waals surface area contributed by atoms with E-state index in [1.807, 2.05) is 0 Å². The molecule has 0 atom stereocenters. The highest BCUT2D eigenvalue weighted by molar-refractivity contribution is 6.31. The Labute approximate surface area is 104 Å². The highest BCUT2D eigenvalue weighted by Gasteiger charge is 2.09. The Morgan fingerprint density at radius 3 is 2.71 bits per heavy atom. The van der Waals surface area contributed by atoms with Crippen molar-refractivity contribution in [1.82, 2.24) is 4.98 Å². The minimum Gasteiger partial charge on any atom is -0.325 e. The van der Waals surface area contributed by atoms with E-state index >= 15 is 0 Å². The number of rotatable bonds is 3. The summed E-state index contributed by atoms with van der Waals surface area (Å²) in [6.45, 7) is 0.316. The average molecular weight is 247 g/mol. The molecule has 0 saturated carbocycles. The van der Waals surface area contributed by atoms with Crippen molar-refractivity contribution in [2.24, 2.45) is 5.73 Å². The second-order valence-electron chi connectivity index (χ2n) is 3.58. The molecule has 2 rings (SSSR count). The highest BCUT2D eigenvalue weighted by Crippen LogP contribution is 2.15. The summed E-state index contributed by atoms with van der Waals surface area (Å²) in [7, 11) is 0. The van der Waals surface area contributed by atoms with E-state index in [4.69, 9.17) is 17.3 Å². The molecule has 1 aromatic heterocycles. The molecular weight excluding hydrogens is 236 g/mol. The van der Waals surface area contributed by atoms with Gasteiger partial charge in [0.15, 0.2) is 5.78 Å². The largest absolute Gasteiger partial charge is 0.325 e. The number of benzene rings is 1. The van der Waals surface area contributed by atoms with Crippen LogP contribution in [0.3, 0.4) is 0 Å². The fraction of sp³-hybridized carbons (Fsp3) is 0.0769. The van der Waals surface area contributed by atoms with Crippen LogP contribution in [0.25, 0.3) is 0 Å². The summed E-state index contributed by atoms with van der Waals surface area (Å²) in [5.41, 5.74) is 7.31. The first-order chi connectivity index (χ1) is 8.20. The second kappa shape index (κ2) is 5.08. The Bertz CT molecular complexity index is 555. The smallest absolute Gasteiger partial charge is 0.193 e. The van der Waals surface area contributed by atoms with E-state index in [-0.39, 0.29) is 5.78 Å². The number of ketones is 1. The molecule has 86 valence electrons. The van der Waals surface area contributed by atoms with Crippen molar-refractivity contribution in [2.75, 3.05) is 0 Å². The zero-order valence-corrected chi connectivity index (χ0v) is 9.82. The lowest BCUT2D eigenvalue weighted by Crippen LogP contribution is -2.05. The van der Waals surface area contributed by atoms with Gasteiger partial charge in [-0.15, -0.1) is 0 Å². The molecule has 0 aliphatic heterocycles. The Morgan fingerprint density at radius 1 is 1.24 bits per heavy atom. The maximum absolute atomic E-state index is 12.1. The number of carbonyl (C=O) groups is 1. The molecule has 0 amide bonds. The summed E-state index contributed by atoms with van der Waals surface area (Å²) in [5, 5.41) is 0.545. The van der Waals surface area contributed by atoms with Gasteiger partial charge in [0.2, 0.25) is 0 Å². The van der Waals surface area contributed by atoms with E-state index in [0.717, 1.165) is 0 Å². The van der Waals surface area contributed by atoms with Crippen molar-refractivity contribution in [2.45, 2.75) is 6.54 Å². The molecule has 0 fully saturated rings. The summed E-state index contributed by atoms with van der Waals surface area (Å²) >= 11 is 5.85. The van der Waals surface area contributed by atoms with Gasteiger partial charge in [-0.2, -0.15) is 0 Å². The predicted molar refractivity (Wildman–Crippen MR) is 67.0 cm³/mol. The Kier molecular flexibility index (Phi) is 3.52. The van der Waals surface area contributed by atoms with Gasteiger partial charge in [0.25, 0.3) is 0 Å². The van der Waals surface area contributed by atoms with Crippen molar-refractivity contribution in [3.63, 3.8) is 0 Å². The fourth-order valence-corrected chi connectivity index (χ4v) is 1.72. The minimum absolute atomic E-state index is 0.0791. The quantitative estimate of drug-likeness (QED) is 0.847. The van der Waals surface area contributed by atoms with Crippen molar-refractivity contribution >= 4 is 17.4 Å². The maximum Gasteiger partial charge on any atom is 0.193 e. The van der Waals surface area contributed by atoms with Crippen LogP contribution in [0.2, 0.25) is 5.02 Å². The third kappa shape index (κ3) is 2.70. The Hall–Kier alpha value is -1.71. The Morgan fingerprint density at radius 2 is 2.00 bits per heavy atom. The monoisotopic (exact) mass is 246 g/mol. The highest BCUT2D eigenvalue weighted by atomic mass is 35.5. The number of carbonyl (C=O) groups excluding carboxylic acids is 1. The molecule has 3 nitrogen and oxygen atoms in total. The van der Waals surface area contributed by atoms with Crippen LogP contribution in [0.5, 0.6) is 0 Å². The number of nitrogens with zero attached hydrogens (tertiary/aromatic N) is 1. The third-order valence-corrected chi connectivity index (χ3v) is 2.61. The van der Waals surface area contributed by atoms with Crippen LogP contribution < -0.4 is 5.73 Å². The van der Waals surface area contributed by atoms with E-state index in [2.05, 4.69) is 4.98 Å². The van der Waals surface area contributed by atoms with Gasteiger partial charge in [-0.1, -0.05) is 23.7 Å². The van der Waals surface area contributed by atoms with Gasteiger partial charge in [-0.25, -0.2) is 0 Å². The second-order valence-corrected chi connectivity index (χ2v) is 4.02. The van der Waals surface area contributed by atoms with E-state index in [1.54, 1.807) is 42.6 Å². The molecule has 0 unspecified atom stereocenters. The first-order valence-corrected chi connectivity index (χ1v) is 5.54. The van der Waals surface area contributed by atoms with Crippen LogP contribution in [-0.2, 0) is 6.54 Å². The lowest BCUT2D eigenvalue weighted by Gasteiger charge is -2.03. The standard InChI is InChI=1S/C13H11ClN2O/c14-11-3-1-2-9(6-11)13(17)10-4-5-16-12(7-10)8-15/h1-7H,8,15H2. The van der Waals surface area contributed by atoms with Crippen LogP contribution in [0, 0.1) is 0 Å². The lowest BCUT2D eigenvalue weighted by atomic mass is 10.0. The average Bonchev–Trinajstić information content (AvgIpc) is 2.38. The van der Waals surface area contributed by atoms with Crippen LogP contribution in [0.4, 0.5) is 0 Å². The van der Waals surface area contributed by atoms with Gasteiger partial charge in [-0.05, 0) is 24.3 Å². The summed E-state index contributed by atoms with van der Waals surface area (Å²) in [6, 6.07) is 10.2. The molecule has 0 saturated heterocycles. The number of hydrogen-bond acceptors (Lipinski definition) is 3. The lowest BCUT2D eigenvalue weighted by molar-refractivity contribution is 0.103. The number of nitrogens with two attached hydrogens (primary N) is 1. The third-order valence-electron chi connectivity index (χ3n) is 2.37. The molecule has 17 heavy (non-hydrogen) atoms. The SMILES string of the molecule is NCc1cc(C(=O)c2cccc(Cl)c2)ccn1. The van der Waals surface area contributed by atoms with Crippen molar-refractivity contribution in [3.8, 4) is 0 Å². The molecule has 1 heterocycles. The molecule has 1 aromatic carbocycles. The molecular formula is C13H11ClN2O. The van der Waals surface area contributed by atoms with Gasteiger partial charge >= 0.3 is 0 Å². The summed E-state index contributed by atoms with van der Waals surface area (Å²) < 4.78 is 0.